The molecule has 1 unspecified atom stereocenters. The van der Waals surface area contributed by atoms with E-state index in [4.69, 9.17) is 5.53 Å². The van der Waals surface area contributed by atoms with Gasteiger partial charge in [0.1, 0.15) is 18.7 Å². The summed E-state index contributed by atoms with van der Waals surface area (Å²) >= 11 is 0. The van der Waals surface area contributed by atoms with Gasteiger partial charge in [0, 0.05) is 18.0 Å². The lowest BCUT2D eigenvalue weighted by atomic mass is 10.3. The molecule has 86 valence electrons. The maximum Gasteiger partial charge on any atom is 0.244 e. The molecule has 0 saturated heterocycles. The number of nitrogens with zero attached hydrogens (tertiary/aromatic N) is 6. The largest absolute Gasteiger partial charge is 0.354 e. The molecule has 8 nitrogen and oxygen atoms in total. The topological polar surface area (TPSA) is 109 Å². The van der Waals surface area contributed by atoms with E-state index in [-0.39, 0.29) is 11.9 Å². The zero-order valence-corrected chi connectivity index (χ0v) is 8.94. The van der Waals surface area contributed by atoms with Gasteiger partial charge in [0.2, 0.25) is 5.91 Å². The minimum absolute atomic E-state index is 0.133. The second kappa shape index (κ2) is 6.41. The summed E-state index contributed by atoms with van der Waals surface area (Å²) in [7, 11) is 0. The normalized spacial score (nSPS) is 11.6. The standard InChI is InChI=1S/C8H13N7O/c1-7(15-6-10-5-13-15)8(16)11-3-2-4-12-14-9/h5-7H,2-4H2,1H3,(H,11,16). The van der Waals surface area contributed by atoms with E-state index in [1.165, 1.54) is 17.3 Å². The number of amides is 1. The van der Waals surface area contributed by atoms with E-state index in [1.54, 1.807) is 6.92 Å². The number of hydrogen-bond acceptors (Lipinski definition) is 4. The first-order valence-corrected chi connectivity index (χ1v) is 4.88. The number of carbonyl (C=O) groups excluding carboxylic acids is 1. The zero-order valence-electron chi connectivity index (χ0n) is 8.94. The highest BCUT2D eigenvalue weighted by Gasteiger charge is 2.13. The van der Waals surface area contributed by atoms with Crippen LogP contribution in [0.25, 0.3) is 10.4 Å². The molecule has 0 aliphatic rings. The summed E-state index contributed by atoms with van der Waals surface area (Å²) in [5, 5.41) is 9.96. The fourth-order valence-corrected chi connectivity index (χ4v) is 1.09. The molecule has 1 amide bonds. The van der Waals surface area contributed by atoms with Crippen LogP contribution in [-0.2, 0) is 4.79 Å². The second-order valence-electron chi connectivity index (χ2n) is 3.15. The van der Waals surface area contributed by atoms with E-state index in [1.807, 2.05) is 0 Å². The van der Waals surface area contributed by atoms with Crippen LogP contribution in [0, 0.1) is 0 Å². The van der Waals surface area contributed by atoms with Gasteiger partial charge in [-0.2, -0.15) is 5.10 Å². The van der Waals surface area contributed by atoms with Crippen molar-refractivity contribution in [3.63, 3.8) is 0 Å². The third kappa shape index (κ3) is 3.58. The second-order valence-corrected chi connectivity index (χ2v) is 3.15. The summed E-state index contributed by atoms with van der Waals surface area (Å²) in [4.78, 5) is 18.0. The molecule has 0 fully saturated rings. The highest BCUT2D eigenvalue weighted by atomic mass is 16.2. The lowest BCUT2D eigenvalue weighted by Gasteiger charge is -2.11. The van der Waals surface area contributed by atoms with Crippen LogP contribution < -0.4 is 5.32 Å². The molecule has 8 heteroatoms. The molecule has 0 aromatic carbocycles. The van der Waals surface area contributed by atoms with Gasteiger partial charge in [0.25, 0.3) is 0 Å². The molecule has 1 atom stereocenters. The Balaban J connectivity index is 2.27. The molecule has 0 aliphatic carbocycles. The number of carbonyl (C=O) groups is 1. The first kappa shape index (κ1) is 12.0. The predicted octanol–water partition coefficient (Wildman–Crippen LogP) is 0.656. The van der Waals surface area contributed by atoms with Crippen molar-refractivity contribution in [2.75, 3.05) is 13.1 Å². The van der Waals surface area contributed by atoms with E-state index >= 15 is 0 Å². The Morgan fingerprint density at radius 1 is 1.75 bits per heavy atom. The van der Waals surface area contributed by atoms with Crippen LogP contribution in [0.2, 0.25) is 0 Å². The Morgan fingerprint density at radius 2 is 2.56 bits per heavy atom. The third-order valence-corrected chi connectivity index (χ3v) is 2.01. The average Bonchev–Trinajstić information content (AvgIpc) is 2.81. The average molecular weight is 223 g/mol. The highest BCUT2D eigenvalue weighted by molar-refractivity contribution is 5.79. The van der Waals surface area contributed by atoms with Crippen LogP contribution in [-0.4, -0.2) is 33.8 Å². The summed E-state index contributed by atoms with van der Waals surface area (Å²) in [5.74, 6) is -0.133. The summed E-state index contributed by atoms with van der Waals surface area (Å²) in [5.41, 5.74) is 8.04. The third-order valence-electron chi connectivity index (χ3n) is 2.01. The summed E-state index contributed by atoms with van der Waals surface area (Å²) in [6.07, 6.45) is 3.50. The molecule has 0 saturated carbocycles. The SMILES string of the molecule is CC(C(=O)NCCCN=[N+]=[N-])n1cncn1. The maximum atomic E-state index is 11.6. The quantitative estimate of drug-likeness (QED) is 0.331. The summed E-state index contributed by atoms with van der Waals surface area (Å²) in [6.45, 7) is 2.60. The Bertz CT molecular complexity index is 368. The van der Waals surface area contributed by atoms with E-state index in [0.29, 0.717) is 19.5 Å². The van der Waals surface area contributed by atoms with E-state index in [0.717, 1.165) is 0 Å². The van der Waals surface area contributed by atoms with E-state index in [2.05, 4.69) is 25.4 Å². The van der Waals surface area contributed by atoms with Crippen molar-refractivity contribution < 1.29 is 4.79 Å². The van der Waals surface area contributed by atoms with Crippen molar-refractivity contribution in [2.24, 2.45) is 5.11 Å². The lowest BCUT2D eigenvalue weighted by Crippen LogP contribution is -2.32. The van der Waals surface area contributed by atoms with Gasteiger partial charge in [-0.15, -0.1) is 0 Å². The van der Waals surface area contributed by atoms with Gasteiger partial charge in [-0.05, 0) is 18.9 Å². The maximum absolute atomic E-state index is 11.6. The molecule has 1 aromatic rings. The molecule has 0 radical (unpaired) electrons. The Morgan fingerprint density at radius 3 is 3.19 bits per heavy atom. The molecule has 0 aliphatic heterocycles. The van der Waals surface area contributed by atoms with Crippen LogP contribution in [0.4, 0.5) is 0 Å². The monoisotopic (exact) mass is 223 g/mol. The van der Waals surface area contributed by atoms with Crippen molar-refractivity contribution >= 4 is 5.91 Å². The van der Waals surface area contributed by atoms with Gasteiger partial charge in [0.05, 0.1) is 0 Å². The summed E-state index contributed by atoms with van der Waals surface area (Å²) in [6, 6.07) is -0.387. The van der Waals surface area contributed by atoms with Gasteiger partial charge < -0.3 is 5.32 Å². The van der Waals surface area contributed by atoms with Gasteiger partial charge >= 0.3 is 0 Å². The van der Waals surface area contributed by atoms with Crippen molar-refractivity contribution in [3.8, 4) is 0 Å². The van der Waals surface area contributed by atoms with Crippen LogP contribution in [0.15, 0.2) is 17.8 Å². The van der Waals surface area contributed by atoms with Gasteiger partial charge in [-0.1, -0.05) is 5.11 Å². The minimum atomic E-state index is -0.387. The summed E-state index contributed by atoms with van der Waals surface area (Å²) < 4.78 is 1.47. The number of aromatic nitrogens is 3. The fourth-order valence-electron chi connectivity index (χ4n) is 1.09. The van der Waals surface area contributed by atoms with Gasteiger partial charge in [-0.25, -0.2) is 9.67 Å². The predicted molar refractivity (Wildman–Crippen MR) is 56.4 cm³/mol. The molecule has 16 heavy (non-hydrogen) atoms. The minimum Gasteiger partial charge on any atom is -0.354 e. The molecule has 0 spiro atoms. The first-order valence-electron chi connectivity index (χ1n) is 4.88. The number of nitrogens with one attached hydrogen (secondary N) is 1. The Hall–Kier alpha value is -2.08. The molecule has 1 heterocycles. The van der Waals surface area contributed by atoms with E-state index < -0.39 is 0 Å². The molecule has 1 aromatic heterocycles. The lowest BCUT2D eigenvalue weighted by molar-refractivity contribution is -0.124. The van der Waals surface area contributed by atoms with Crippen molar-refractivity contribution in [1.82, 2.24) is 20.1 Å². The first-order chi connectivity index (χ1) is 7.75. The molecule has 0 bridgehead atoms. The smallest absolute Gasteiger partial charge is 0.244 e. The van der Waals surface area contributed by atoms with Crippen molar-refractivity contribution in [3.05, 3.63) is 23.1 Å². The Labute approximate surface area is 92.3 Å². The molecular weight excluding hydrogens is 210 g/mol. The number of azide groups is 1. The van der Waals surface area contributed by atoms with Crippen LogP contribution >= 0.6 is 0 Å². The van der Waals surface area contributed by atoms with Crippen LogP contribution in [0.1, 0.15) is 19.4 Å². The van der Waals surface area contributed by atoms with Crippen molar-refractivity contribution in [2.45, 2.75) is 19.4 Å². The number of rotatable bonds is 6. The molecular formula is C8H13N7O. The number of hydrogen-bond donors (Lipinski definition) is 1. The van der Waals surface area contributed by atoms with Crippen molar-refractivity contribution in [1.29, 1.82) is 0 Å². The molecule has 1 N–H and O–H groups in total. The highest BCUT2D eigenvalue weighted by Crippen LogP contribution is 2.01. The zero-order chi connectivity index (χ0) is 11.8. The van der Waals surface area contributed by atoms with E-state index in [9.17, 15) is 4.79 Å². The Kier molecular flexibility index (Phi) is 4.81. The van der Waals surface area contributed by atoms with Crippen LogP contribution in [0.3, 0.4) is 0 Å². The molecule has 1 rings (SSSR count). The van der Waals surface area contributed by atoms with Gasteiger partial charge in [0.15, 0.2) is 0 Å². The fraction of sp³-hybridized carbons (Fsp3) is 0.625. The van der Waals surface area contributed by atoms with Gasteiger partial charge in [-0.3, -0.25) is 4.79 Å². The van der Waals surface area contributed by atoms with Crippen LogP contribution in [0.5, 0.6) is 0 Å².